The molecule has 0 atom stereocenters. The predicted molar refractivity (Wildman–Crippen MR) is 42.6 cm³/mol. The van der Waals surface area contributed by atoms with Crippen LogP contribution in [0.4, 0.5) is 17.6 Å². The van der Waals surface area contributed by atoms with E-state index in [0.717, 1.165) is 0 Å². The second kappa shape index (κ2) is 5.89. The van der Waals surface area contributed by atoms with Crippen LogP contribution in [0.5, 0.6) is 0 Å². The largest absolute Gasteiger partial charge is 0.342 e. The molecule has 0 fully saturated rings. The molecule has 0 bridgehead atoms. The van der Waals surface area contributed by atoms with Crippen LogP contribution in [0.15, 0.2) is 0 Å². The first kappa shape index (κ1) is 14.2. The molecule has 0 aliphatic carbocycles. The first-order valence-corrected chi connectivity index (χ1v) is 3.90. The minimum atomic E-state index is -4.40. The van der Waals surface area contributed by atoms with Crippen LogP contribution in [-0.2, 0) is 9.59 Å². The van der Waals surface area contributed by atoms with Crippen molar-refractivity contribution in [2.75, 3.05) is 13.1 Å². The molecule has 0 aromatic rings. The minimum absolute atomic E-state index is 0.489. The maximum Gasteiger partial charge on any atom is 0.324 e. The average molecular weight is 241 g/mol. The Morgan fingerprint density at radius 2 is 1.75 bits per heavy atom. The topological polar surface area (TPSA) is 82.0 Å². The summed E-state index contributed by atoms with van der Waals surface area (Å²) in [5, 5.41) is 11.1. The number of rotatable bonds is 4. The van der Waals surface area contributed by atoms with Crippen molar-refractivity contribution in [2.45, 2.75) is 12.3 Å². The number of amides is 2. The molecule has 90 valence electrons. The number of hydrogen-bond acceptors (Lipinski definition) is 3. The predicted octanol–water partition coefficient (Wildman–Crippen LogP) is -0.357. The number of halogens is 4. The van der Waals surface area contributed by atoms with E-state index in [-0.39, 0.29) is 0 Å². The first-order chi connectivity index (χ1) is 7.31. The van der Waals surface area contributed by atoms with Crippen LogP contribution in [0, 0.1) is 11.3 Å². The second-order valence-corrected chi connectivity index (χ2v) is 2.59. The number of alkyl halides is 4. The Kier molecular flexibility index (Phi) is 5.21. The monoisotopic (exact) mass is 241 g/mol. The maximum atomic E-state index is 12.3. The van der Waals surface area contributed by atoms with Crippen molar-refractivity contribution in [2.24, 2.45) is 0 Å². The summed E-state index contributed by atoms with van der Waals surface area (Å²) in [4.78, 5) is 21.4. The van der Waals surface area contributed by atoms with Gasteiger partial charge in [0.15, 0.2) is 0 Å². The van der Waals surface area contributed by atoms with Gasteiger partial charge in [0.25, 0.3) is 0 Å². The summed E-state index contributed by atoms with van der Waals surface area (Å²) in [7, 11) is 0. The first-order valence-electron chi connectivity index (χ1n) is 3.90. The standard InChI is InChI=1S/C7H7F4N3O2/c8-6(9)7(10,11)3-14-5(16)4(15)13-2-1-12/h6H,2-3H2,(H,13,15)(H,14,16). The van der Waals surface area contributed by atoms with Gasteiger partial charge in [-0.2, -0.15) is 14.0 Å². The van der Waals surface area contributed by atoms with Gasteiger partial charge in [-0.05, 0) is 0 Å². The summed E-state index contributed by atoms with van der Waals surface area (Å²) in [6.07, 6.45) is -3.94. The molecule has 2 N–H and O–H groups in total. The van der Waals surface area contributed by atoms with Crippen LogP contribution in [0.25, 0.3) is 0 Å². The highest BCUT2D eigenvalue weighted by molar-refractivity contribution is 6.35. The van der Waals surface area contributed by atoms with E-state index in [1.54, 1.807) is 5.32 Å². The van der Waals surface area contributed by atoms with Crippen molar-refractivity contribution in [3.8, 4) is 6.07 Å². The molecule has 0 saturated carbocycles. The third kappa shape index (κ3) is 4.59. The molecule has 9 heteroatoms. The van der Waals surface area contributed by atoms with Crippen molar-refractivity contribution in [1.29, 1.82) is 5.26 Å². The van der Waals surface area contributed by atoms with Crippen molar-refractivity contribution in [3.05, 3.63) is 0 Å². The van der Waals surface area contributed by atoms with Crippen molar-refractivity contribution < 1.29 is 27.2 Å². The van der Waals surface area contributed by atoms with Gasteiger partial charge in [-0.25, -0.2) is 8.78 Å². The highest BCUT2D eigenvalue weighted by Gasteiger charge is 2.41. The van der Waals surface area contributed by atoms with Crippen molar-refractivity contribution >= 4 is 11.8 Å². The summed E-state index contributed by atoms with van der Waals surface area (Å²) in [6.45, 7) is -2.14. The molecule has 0 saturated heterocycles. The van der Waals surface area contributed by atoms with Crippen molar-refractivity contribution in [1.82, 2.24) is 10.6 Å². The van der Waals surface area contributed by atoms with Crippen molar-refractivity contribution in [3.63, 3.8) is 0 Å². The van der Waals surface area contributed by atoms with E-state index in [9.17, 15) is 27.2 Å². The molecule has 0 unspecified atom stereocenters. The van der Waals surface area contributed by atoms with E-state index < -0.39 is 37.3 Å². The molecule has 0 aliphatic heterocycles. The molecular formula is C7H7F4N3O2. The quantitative estimate of drug-likeness (QED) is 0.400. The van der Waals surface area contributed by atoms with Gasteiger partial charge < -0.3 is 10.6 Å². The van der Waals surface area contributed by atoms with E-state index >= 15 is 0 Å². The van der Waals surface area contributed by atoms with Gasteiger partial charge in [0.1, 0.15) is 6.54 Å². The zero-order chi connectivity index (χ0) is 12.8. The van der Waals surface area contributed by atoms with E-state index in [1.165, 1.54) is 11.4 Å². The molecular weight excluding hydrogens is 234 g/mol. The Morgan fingerprint density at radius 1 is 1.25 bits per heavy atom. The Morgan fingerprint density at radius 3 is 2.19 bits per heavy atom. The van der Waals surface area contributed by atoms with Gasteiger partial charge >= 0.3 is 24.2 Å². The average Bonchev–Trinajstić information content (AvgIpc) is 2.22. The summed E-state index contributed by atoms with van der Waals surface area (Å²) >= 11 is 0. The highest BCUT2D eigenvalue weighted by atomic mass is 19.3. The van der Waals surface area contributed by atoms with Crippen LogP contribution in [-0.4, -0.2) is 37.3 Å². The fourth-order valence-corrected chi connectivity index (χ4v) is 0.556. The number of nitriles is 1. The number of carbonyl (C=O) groups is 2. The summed E-state index contributed by atoms with van der Waals surface area (Å²) in [5.41, 5.74) is 0. The SMILES string of the molecule is N#CCNC(=O)C(=O)NCC(F)(F)C(F)F. The highest BCUT2D eigenvalue weighted by Crippen LogP contribution is 2.21. The molecule has 0 aliphatic rings. The van der Waals surface area contributed by atoms with E-state index in [0.29, 0.717) is 0 Å². The van der Waals surface area contributed by atoms with Gasteiger partial charge in [-0.15, -0.1) is 0 Å². The second-order valence-electron chi connectivity index (χ2n) is 2.59. The van der Waals surface area contributed by atoms with E-state index in [2.05, 4.69) is 0 Å². The van der Waals surface area contributed by atoms with Gasteiger partial charge in [0.2, 0.25) is 0 Å². The zero-order valence-electron chi connectivity index (χ0n) is 7.77. The molecule has 0 heterocycles. The Hall–Kier alpha value is -1.85. The molecule has 2 amide bonds. The number of carbonyl (C=O) groups excluding carboxylic acids is 2. The Labute approximate surface area is 87.4 Å². The molecule has 16 heavy (non-hydrogen) atoms. The number of nitrogens with zero attached hydrogens (tertiary/aromatic N) is 1. The van der Waals surface area contributed by atoms with Crippen LogP contribution >= 0.6 is 0 Å². The smallest absolute Gasteiger partial charge is 0.324 e. The molecule has 0 spiro atoms. The molecule has 0 radical (unpaired) electrons. The Balaban J connectivity index is 4.08. The van der Waals surface area contributed by atoms with Crippen LogP contribution in [0.3, 0.4) is 0 Å². The summed E-state index contributed by atoms with van der Waals surface area (Å²) < 4.78 is 47.8. The zero-order valence-corrected chi connectivity index (χ0v) is 7.77. The van der Waals surface area contributed by atoms with E-state index in [4.69, 9.17) is 5.26 Å². The van der Waals surface area contributed by atoms with Gasteiger partial charge in [0, 0.05) is 0 Å². The van der Waals surface area contributed by atoms with Gasteiger partial charge in [-0.1, -0.05) is 0 Å². The fourth-order valence-electron chi connectivity index (χ4n) is 0.556. The number of nitrogens with one attached hydrogen (secondary N) is 2. The molecule has 0 aromatic heterocycles. The summed E-state index contributed by atoms with van der Waals surface area (Å²) in [6, 6.07) is 1.46. The van der Waals surface area contributed by atoms with Crippen LogP contribution in [0.1, 0.15) is 0 Å². The molecule has 5 nitrogen and oxygen atoms in total. The normalized spacial score (nSPS) is 10.8. The fraction of sp³-hybridized carbons (Fsp3) is 0.571. The third-order valence-electron chi connectivity index (χ3n) is 1.34. The lowest BCUT2D eigenvalue weighted by Crippen LogP contribution is -2.46. The van der Waals surface area contributed by atoms with Gasteiger partial charge in [-0.3, -0.25) is 9.59 Å². The summed E-state index contributed by atoms with van der Waals surface area (Å²) in [5.74, 6) is -7.24. The van der Waals surface area contributed by atoms with Gasteiger partial charge in [0.05, 0.1) is 12.6 Å². The number of hydrogen-bond donors (Lipinski definition) is 2. The van der Waals surface area contributed by atoms with Crippen LogP contribution in [0.2, 0.25) is 0 Å². The Bertz CT molecular complexity index is 313. The lowest BCUT2D eigenvalue weighted by molar-refractivity contribution is -0.145. The lowest BCUT2D eigenvalue weighted by atomic mass is 10.3. The minimum Gasteiger partial charge on any atom is -0.342 e. The lowest BCUT2D eigenvalue weighted by Gasteiger charge is -2.15. The molecule has 0 aromatic carbocycles. The van der Waals surface area contributed by atoms with Crippen LogP contribution < -0.4 is 10.6 Å². The third-order valence-corrected chi connectivity index (χ3v) is 1.34. The van der Waals surface area contributed by atoms with E-state index in [1.807, 2.05) is 0 Å². The molecule has 0 rings (SSSR count). The maximum absolute atomic E-state index is 12.3.